The largest absolute Gasteiger partial charge is 0.393 e. The molecule has 1 saturated heterocycles. The highest BCUT2D eigenvalue weighted by Crippen LogP contribution is 2.30. The fraction of sp³-hybridized carbons (Fsp3) is 0.542. The van der Waals surface area contributed by atoms with Crippen LogP contribution >= 0.6 is 11.3 Å². The standard InChI is InChI=1S/C24H33N9OS/c1-16-11-20(30-23(28-16)29-17-3-5-19(34)6-4-17)21-13-27-24(35-21)31-22-14-25-18(12-26-22)15-33-9-7-32(2)8-10-33/h11-14,17,19,34H,3-10,15H2,1-2H3,(H,26,27,31)(H,28,29,30)/t17-,19-. The van der Waals surface area contributed by atoms with E-state index >= 15 is 0 Å². The maximum absolute atomic E-state index is 9.74. The number of aromatic nitrogens is 5. The molecule has 1 aliphatic carbocycles. The molecule has 0 spiro atoms. The van der Waals surface area contributed by atoms with E-state index in [1.165, 1.54) is 11.3 Å². The molecule has 2 aliphatic rings. The molecular weight excluding hydrogens is 462 g/mol. The molecule has 11 heteroatoms. The molecule has 0 bridgehead atoms. The number of thiazole rings is 1. The molecule has 0 radical (unpaired) electrons. The summed E-state index contributed by atoms with van der Waals surface area (Å²) in [4.78, 5) is 28.6. The van der Waals surface area contributed by atoms with E-state index in [1.54, 1.807) is 6.20 Å². The van der Waals surface area contributed by atoms with E-state index in [2.05, 4.69) is 47.4 Å². The average molecular weight is 496 g/mol. The van der Waals surface area contributed by atoms with Gasteiger partial charge in [-0.2, -0.15) is 0 Å². The van der Waals surface area contributed by atoms with E-state index in [-0.39, 0.29) is 6.10 Å². The molecule has 0 unspecified atom stereocenters. The Morgan fingerprint density at radius 2 is 1.80 bits per heavy atom. The Morgan fingerprint density at radius 3 is 2.54 bits per heavy atom. The summed E-state index contributed by atoms with van der Waals surface area (Å²) in [6, 6.07) is 2.27. The van der Waals surface area contributed by atoms with Crippen LogP contribution in [0.25, 0.3) is 10.6 Å². The number of hydrogen-bond donors (Lipinski definition) is 3. The highest BCUT2D eigenvalue weighted by Gasteiger charge is 2.20. The van der Waals surface area contributed by atoms with Crippen molar-refractivity contribution in [3.8, 4) is 10.6 Å². The second-order valence-electron chi connectivity index (χ2n) is 9.50. The van der Waals surface area contributed by atoms with Gasteiger partial charge in [-0.25, -0.2) is 19.9 Å². The summed E-state index contributed by atoms with van der Waals surface area (Å²) in [6.07, 6.45) is 8.75. The van der Waals surface area contributed by atoms with Crippen LogP contribution in [0, 0.1) is 6.92 Å². The van der Waals surface area contributed by atoms with Gasteiger partial charge in [0, 0.05) is 50.7 Å². The lowest BCUT2D eigenvalue weighted by Crippen LogP contribution is -2.44. The molecule has 0 amide bonds. The number of nitrogens with one attached hydrogen (secondary N) is 2. The van der Waals surface area contributed by atoms with Crippen molar-refractivity contribution in [2.24, 2.45) is 0 Å². The van der Waals surface area contributed by atoms with Gasteiger partial charge in [0.2, 0.25) is 5.95 Å². The van der Waals surface area contributed by atoms with Gasteiger partial charge >= 0.3 is 0 Å². The summed E-state index contributed by atoms with van der Waals surface area (Å²) >= 11 is 1.52. The predicted octanol–water partition coefficient (Wildman–Crippen LogP) is 2.90. The second kappa shape index (κ2) is 10.9. The molecule has 3 aromatic heterocycles. The van der Waals surface area contributed by atoms with Crippen molar-refractivity contribution in [1.29, 1.82) is 0 Å². The molecule has 1 aliphatic heterocycles. The van der Waals surface area contributed by atoms with Crippen LogP contribution in [0.15, 0.2) is 24.7 Å². The van der Waals surface area contributed by atoms with E-state index in [1.807, 2.05) is 25.4 Å². The molecule has 3 aromatic rings. The third-order valence-electron chi connectivity index (χ3n) is 6.56. The highest BCUT2D eigenvalue weighted by atomic mass is 32.1. The van der Waals surface area contributed by atoms with Gasteiger partial charge in [-0.15, -0.1) is 0 Å². The molecule has 35 heavy (non-hydrogen) atoms. The molecule has 186 valence electrons. The lowest BCUT2D eigenvalue weighted by molar-refractivity contribution is 0.126. The molecular formula is C24H33N9OS. The number of piperazine rings is 1. The molecule has 3 N–H and O–H groups in total. The zero-order chi connectivity index (χ0) is 24.2. The average Bonchev–Trinajstić information content (AvgIpc) is 3.32. The zero-order valence-electron chi connectivity index (χ0n) is 20.3. The monoisotopic (exact) mass is 495 g/mol. The summed E-state index contributed by atoms with van der Waals surface area (Å²) in [5.74, 6) is 1.31. The van der Waals surface area contributed by atoms with Crippen LogP contribution in [0.2, 0.25) is 0 Å². The molecule has 2 fully saturated rings. The number of nitrogens with zero attached hydrogens (tertiary/aromatic N) is 7. The SMILES string of the molecule is Cc1cc(-c2cnc(Nc3cnc(CN4CCN(C)CC4)cn3)s2)nc(N[C@H]2CC[C@H](O)CC2)n1. The van der Waals surface area contributed by atoms with Gasteiger partial charge < -0.3 is 20.6 Å². The van der Waals surface area contributed by atoms with Crippen LogP contribution in [-0.2, 0) is 6.54 Å². The Hall–Kier alpha value is -2.73. The highest BCUT2D eigenvalue weighted by molar-refractivity contribution is 7.18. The van der Waals surface area contributed by atoms with Gasteiger partial charge in [-0.05, 0) is 45.7 Å². The third-order valence-corrected chi connectivity index (χ3v) is 7.50. The van der Waals surface area contributed by atoms with Crippen molar-refractivity contribution in [1.82, 2.24) is 34.7 Å². The minimum Gasteiger partial charge on any atom is -0.393 e. The smallest absolute Gasteiger partial charge is 0.223 e. The van der Waals surface area contributed by atoms with Crippen molar-refractivity contribution < 1.29 is 5.11 Å². The Bertz CT molecular complexity index is 1110. The van der Waals surface area contributed by atoms with Crippen molar-refractivity contribution in [2.45, 2.75) is 51.3 Å². The van der Waals surface area contributed by atoms with Gasteiger partial charge in [-0.3, -0.25) is 9.88 Å². The zero-order valence-corrected chi connectivity index (χ0v) is 21.1. The summed E-state index contributed by atoms with van der Waals surface area (Å²) in [5.41, 5.74) is 2.72. The normalized spacial score (nSPS) is 21.7. The van der Waals surface area contributed by atoms with Crippen LogP contribution in [0.3, 0.4) is 0 Å². The summed E-state index contributed by atoms with van der Waals surface area (Å²) in [7, 11) is 2.16. The van der Waals surface area contributed by atoms with Crippen molar-refractivity contribution in [3.63, 3.8) is 0 Å². The van der Waals surface area contributed by atoms with Crippen LogP contribution < -0.4 is 10.6 Å². The summed E-state index contributed by atoms with van der Waals surface area (Å²) in [5, 5.41) is 17.2. The Morgan fingerprint density at radius 1 is 1.00 bits per heavy atom. The summed E-state index contributed by atoms with van der Waals surface area (Å²) < 4.78 is 0. The van der Waals surface area contributed by atoms with E-state index in [0.717, 1.165) is 85.5 Å². The molecule has 0 aromatic carbocycles. The van der Waals surface area contributed by atoms with Gasteiger partial charge in [-0.1, -0.05) is 11.3 Å². The lowest BCUT2D eigenvalue weighted by Gasteiger charge is -2.31. The number of rotatable bonds is 7. The van der Waals surface area contributed by atoms with E-state index in [4.69, 9.17) is 4.98 Å². The van der Waals surface area contributed by atoms with Gasteiger partial charge in [0.25, 0.3) is 0 Å². The van der Waals surface area contributed by atoms with Crippen molar-refractivity contribution in [2.75, 3.05) is 43.9 Å². The van der Waals surface area contributed by atoms with Crippen LogP contribution in [0.4, 0.5) is 16.9 Å². The first kappa shape index (κ1) is 24.0. The Labute approximate surface area is 209 Å². The van der Waals surface area contributed by atoms with E-state index in [9.17, 15) is 5.11 Å². The maximum Gasteiger partial charge on any atom is 0.223 e. The number of likely N-dealkylation sites (N-methyl/N-ethyl adjacent to an activating group) is 1. The molecule has 5 rings (SSSR count). The number of anilines is 3. The minimum atomic E-state index is -0.178. The molecule has 0 atom stereocenters. The first-order valence-corrected chi connectivity index (χ1v) is 13.1. The van der Waals surface area contributed by atoms with Crippen molar-refractivity contribution in [3.05, 3.63) is 36.0 Å². The maximum atomic E-state index is 9.74. The quantitative estimate of drug-likeness (QED) is 0.452. The van der Waals surface area contributed by atoms with Crippen LogP contribution in [-0.4, -0.2) is 85.2 Å². The van der Waals surface area contributed by atoms with Gasteiger partial charge in [0.05, 0.1) is 34.8 Å². The lowest BCUT2D eigenvalue weighted by atomic mass is 9.93. The van der Waals surface area contributed by atoms with Crippen LogP contribution in [0.1, 0.15) is 37.1 Å². The molecule has 4 heterocycles. The Kier molecular flexibility index (Phi) is 7.47. The van der Waals surface area contributed by atoms with Gasteiger partial charge in [0.1, 0.15) is 0 Å². The first-order chi connectivity index (χ1) is 17.0. The number of aliphatic hydroxyl groups excluding tert-OH is 1. The second-order valence-corrected chi connectivity index (χ2v) is 10.5. The fourth-order valence-electron chi connectivity index (χ4n) is 4.46. The van der Waals surface area contributed by atoms with Crippen molar-refractivity contribution >= 4 is 28.2 Å². The first-order valence-electron chi connectivity index (χ1n) is 12.3. The minimum absolute atomic E-state index is 0.178. The van der Waals surface area contributed by atoms with Gasteiger partial charge in [0.15, 0.2) is 10.9 Å². The molecule has 1 saturated carbocycles. The van der Waals surface area contributed by atoms with E-state index < -0.39 is 0 Å². The fourth-order valence-corrected chi connectivity index (χ4v) is 5.24. The summed E-state index contributed by atoms with van der Waals surface area (Å²) in [6.45, 7) is 7.10. The Balaban J connectivity index is 1.20. The topological polar surface area (TPSA) is 115 Å². The van der Waals surface area contributed by atoms with E-state index in [0.29, 0.717) is 17.8 Å². The number of aryl methyl sites for hydroxylation is 1. The third kappa shape index (κ3) is 6.49. The predicted molar refractivity (Wildman–Crippen MR) is 138 cm³/mol. The van der Waals surface area contributed by atoms with Crippen LogP contribution in [0.5, 0.6) is 0 Å². The number of hydrogen-bond acceptors (Lipinski definition) is 11. The molecule has 10 nitrogen and oxygen atoms in total. The number of aliphatic hydroxyl groups is 1.